The van der Waals surface area contributed by atoms with Crippen molar-refractivity contribution < 1.29 is 13.7 Å². The van der Waals surface area contributed by atoms with E-state index in [0.717, 1.165) is 34.5 Å². The van der Waals surface area contributed by atoms with Gasteiger partial charge in [-0.2, -0.15) is 0 Å². The van der Waals surface area contributed by atoms with Crippen molar-refractivity contribution in [3.05, 3.63) is 52.7 Å². The van der Waals surface area contributed by atoms with E-state index in [1.54, 1.807) is 19.2 Å². The van der Waals surface area contributed by atoms with Gasteiger partial charge in [-0.3, -0.25) is 4.79 Å². The van der Waals surface area contributed by atoms with Crippen LogP contribution in [0.1, 0.15) is 43.4 Å². The molecule has 3 aromatic rings. The third-order valence-electron chi connectivity index (χ3n) is 6.00. The predicted octanol–water partition coefficient (Wildman–Crippen LogP) is 6.74. The van der Waals surface area contributed by atoms with Crippen LogP contribution >= 0.6 is 22.9 Å². The van der Waals surface area contributed by atoms with Gasteiger partial charge in [0.25, 0.3) is 0 Å². The Balaban J connectivity index is 1.54. The molecule has 2 aromatic carbocycles. The van der Waals surface area contributed by atoms with Gasteiger partial charge in [0.2, 0.25) is 5.91 Å². The van der Waals surface area contributed by atoms with Crippen molar-refractivity contribution >= 4 is 50.6 Å². The fourth-order valence-corrected chi connectivity index (χ4v) is 6.32. The molecular formula is C25H28ClN3O3S2. The molecule has 0 aliphatic heterocycles. The van der Waals surface area contributed by atoms with Gasteiger partial charge in [0.15, 0.2) is 16.1 Å². The molecule has 1 aliphatic rings. The van der Waals surface area contributed by atoms with Crippen LogP contribution in [0.3, 0.4) is 0 Å². The van der Waals surface area contributed by atoms with E-state index in [1.807, 2.05) is 38.1 Å². The number of thiazole rings is 1. The third-order valence-corrected chi connectivity index (χ3v) is 8.67. The van der Waals surface area contributed by atoms with E-state index in [9.17, 15) is 9.00 Å². The van der Waals surface area contributed by atoms with Crippen molar-refractivity contribution in [2.45, 2.75) is 50.8 Å². The minimum Gasteiger partial charge on any atom is -0.495 e. The lowest BCUT2D eigenvalue weighted by Crippen LogP contribution is -2.14. The second-order valence-corrected chi connectivity index (χ2v) is 11.1. The van der Waals surface area contributed by atoms with Crippen LogP contribution in [0, 0.1) is 19.8 Å². The predicted molar refractivity (Wildman–Crippen MR) is 140 cm³/mol. The molecule has 1 aliphatic carbocycles. The molecule has 0 bridgehead atoms. The maximum atomic E-state index is 13.2. The second-order valence-electron chi connectivity index (χ2n) is 8.54. The molecule has 0 radical (unpaired) electrons. The Bertz CT molecular complexity index is 1220. The summed E-state index contributed by atoms with van der Waals surface area (Å²) in [6, 6.07) is 11.0. The highest BCUT2D eigenvalue weighted by atomic mass is 35.5. The fraction of sp³-hybridized carbons (Fsp3) is 0.360. The number of ether oxygens (including phenoxy) is 1. The molecule has 0 saturated heterocycles. The zero-order valence-electron chi connectivity index (χ0n) is 19.4. The smallest absolute Gasteiger partial charge is 0.226 e. The summed E-state index contributed by atoms with van der Waals surface area (Å²) in [5, 5.41) is 4.15. The van der Waals surface area contributed by atoms with Gasteiger partial charge >= 0.3 is 0 Å². The summed E-state index contributed by atoms with van der Waals surface area (Å²) in [5.74, 6) is 1.01. The van der Waals surface area contributed by atoms with E-state index in [0.29, 0.717) is 38.8 Å². The third kappa shape index (κ3) is 5.79. The summed E-state index contributed by atoms with van der Waals surface area (Å²) < 4.78 is 21.6. The lowest BCUT2D eigenvalue weighted by Gasteiger charge is -2.12. The van der Waals surface area contributed by atoms with Crippen LogP contribution < -0.4 is 14.8 Å². The monoisotopic (exact) mass is 517 g/mol. The highest BCUT2D eigenvalue weighted by molar-refractivity contribution is 7.86. The molecule has 4 rings (SSSR count). The van der Waals surface area contributed by atoms with Crippen LogP contribution in [0.15, 0.2) is 41.3 Å². The van der Waals surface area contributed by atoms with E-state index in [-0.39, 0.29) is 5.91 Å². The molecule has 1 aromatic heterocycles. The minimum atomic E-state index is -1.58. The van der Waals surface area contributed by atoms with Gasteiger partial charge in [0.05, 0.1) is 17.7 Å². The average molecular weight is 518 g/mol. The van der Waals surface area contributed by atoms with E-state index in [2.05, 4.69) is 15.0 Å². The Hall–Kier alpha value is -2.42. The van der Waals surface area contributed by atoms with Gasteiger partial charge in [-0.1, -0.05) is 41.8 Å². The number of aryl methyl sites for hydroxylation is 2. The zero-order chi connectivity index (χ0) is 24.2. The van der Waals surface area contributed by atoms with Crippen LogP contribution in [0.25, 0.3) is 10.4 Å². The summed E-state index contributed by atoms with van der Waals surface area (Å²) in [5.41, 5.74) is 3.27. The normalized spacial score (nSPS) is 14.7. The molecule has 9 heteroatoms. The Morgan fingerprint density at radius 1 is 1.21 bits per heavy atom. The summed E-state index contributed by atoms with van der Waals surface area (Å²) >= 11 is 7.63. The van der Waals surface area contributed by atoms with Crippen LogP contribution in [0.5, 0.6) is 5.75 Å². The first-order valence-electron chi connectivity index (χ1n) is 11.2. The molecule has 1 amide bonds. The molecule has 1 saturated carbocycles. The van der Waals surface area contributed by atoms with Crippen LogP contribution in [-0.2, 0) is 15.8 Å². The highest BCUT2D eigenvalue weighted by Crippen LogP contribution is 2.37. The van der Waals surface area contributed by atoms with Crippen LogP contribution in [-0.4, -0.2) is 22.2 Å². The molecule has 0 spiro atoms. The van der Waals surface area contributed by atoms with E-state index >= 15 is 0 Å². The number of nitrogens with one attached hydrogen (secondary N) is 2. The lowest BCUT2D eigenvalue weighted by atomic mass is 10.0. The number of rotatable bonds is 8. The van der Waals surface area contributed by atoms with Gasteiger partial charge in [0, 0.05) is 17.1 Å². The van der Waals surface area contributed by atoms with Gasteiger partial charge in [-0.15, -0.1) is 0 Å². The first-order chi connectivity index (χ1) is 16.3. The first-order valence-corrected chi connectivity index (χ1v) is 13.6. The summed E-state index contributed by atoms with van der Waals surface area (Å²) in [6.45, 7) is 3.82. The molecule has 1 heterocycles. The number of benzene rings is 2. The lowest BCUT2D eigenvalue weighted by molar-refractivity contribution is -0.117. The zero-order valence-corrected chi connectivity index (χ0v) is 21.8. The molecule has 1 fully saturated rings. The average Bonchev–Trinajstić information content (AvgIpc) is 3.45. The quantitative estimate of drug-likeness (QED) is 0.346. The molecule has 1 unspecified atom stereocenters. The summed E-state index contributed by atoms with van der Waals surface area (Å²) in [7, 11) is -0.0259. The largest absolute Gasteiger partial charge is 0.495 e. The van der Waals surface area contributed by atoms with Crippen molar-refractivity contribution in [1.29, 1.82) is 0 Å². The molecular weight excluding hydrogens is 490 g/mol. The summed E-state index contributed by atoms with van der Waals surface area (Å²) in [4.78, 5) is 18.4. The number of amides is 1. The minimum absolute atomic E-state index is 0.0182. The van der Waals surface area contributed by atoms with Gasteiger partial charge in [0.1, 0.15) is 10.6 Å². The number of aromatic nitrogens is 1. The van der Waals surface area contributed by atoms with Gasteiger partial charge < -0.3 is 14.8 Å². The number of methoxy groups -OCH3 is 1. The highest BCUT2D eigenvalue weighted by Gasteiger charge is 2.20. The first kappa shape index (κ1) is 24.7. The number of nitrogens with zero attached hydrogens (tertiary/aromatic N) is 1. The summed E-state index contributed by atoms with van der Waals surface area (Å²) in [6.07, 6.45) is 5.24. The van der Waals surface area contributed by atoms with Crippen LogP contribution in [0.2, 0.25) is 5.02 Å². The van der Waals surface area contributed by atoms with Gasteiger partial charge in [-0.25, -0.2) is 9.19 Å². The van der Waals surface area contributed by atoms with Crippen molar-refractivity contribution in [2.75, 3.05) is 17.1 Å². The molecule has 180 valence electrons. The number of carbonyl (C=O) groups excluding carboxylic acids is 1. The Kier molecular flexibility index (Phi) is 7.91. The Labute approximate surface area is 211 Å². The van der Waals surface area contributed by atoms with Crippen molar-refractivity contribution in [1.82, 2.24) is 4.98 Å². The number of hydrogen-bond acceptors (Lipinski definition) is 5. The van der Waals surface area contributed by atoms with Gasteiger partial charge in [-0.05, 0) is 74.1 Å². The second kappa shape index (κ2) is 10.9. The number of hydrogen-bond donors (Lipinski definition) is 2. The number of halogens is 1. The SMILES string of the molecule is COc1ccc(-c2sc(NC(=O)CC3CCCC3)nc2C)cc1S(=O)Nc1ccc(C)c(Cl)c1. The van der Waals surface area contributed by atoms with E-state index in [1.165, 1.54) is 24.2 Å². The molecule has 6 nitrogen and oxygen atoms in total. The number of anilines is 2. The maximum Gasteiger partial charge on any atom is 0.226 e. The Morgan fingerprint density at radius 3 is 2.68 bits per heavy atom. The van der Waals surface area contributed by atoms with E-state index in [4.69, 9.17) is 16.3 Å². The van der Waals surface area contributed by atoms with Crippen molar-refractivity contribution in [3.8, 4) is 16.2 Å². The van der Waals surface area contributed by atoms with Crippen molar-refractivity contribution in [3.63, 3.8) is 0 Å². The molecule has 1 atom stereocenters. The standard InChI is InChI=1S/C25H28ClN3O3S2/c1-15-8-10-19(14-20(15)26)29-34(31)22-13-18(9-11-21(22)32-3)24-16(2)27-25(33-24)28-23(30)12-17-6-4-5-7-17/h8-11,13-14,17,29H,4-7,12H2,1-3H3,(H,27,28,30). The fourth-order valence-electron chi connectivity index (χ4n) is 4.15. The molecule has 34 heavy (non-hydrogen) atoms. The van der Waals surface area contributed by atoms with Crippen LogP contribution in [0.4, 0.5) is 10.8 Å². The van der Waals surface area contributed by atoms with Crippen molar-refractivity contribution in [2.24, 2.45) is 5.92 Å². The maximum absolute atomic E-state index is 13.2. The number of carbonyl (C=O) groups is 1. The van der Waals surface area contributed by atoms with E-state index < -0.39 is 11.0 Å². The molecule has 2 N–H and O–H groups in total. The topological polar surface area (TPSA) is 80.3 Å². The Morgan fingerprint density at radius 2 is 1.97 bits per heavy atom.